The summed E-state index contributed by atoms with van der Waals surface area (Å²) in [5.74, 6) is 0.264. The molecule has 4 heteroatoms. The van der Waals surface area contributed by atoms with Crippen LogP contribution < -0.4 is 5.32 Å². The number of benzene rings is 1. The second-order valence-corrected chi connectivity index (χ2v) is 5.03. The maximum absolute atomic E-state index is 11.8. The van der Waals surface area contributed by atoms with E-state index in [1.54, 1.807) is 19.1 Å². The normalized spacial score (nSPS) is 14.0. The Hall–Kier alpha value is -1.06. The molecule has 0 saturated carbocycles. The first-order valence-electron chi connectivity index (χ1n) is 6.14. The number of nitrogens with one attached hydrogen (secondary N) is 1. The molecule has 0 aromatic heterocycles. The maximum atomic E-state index is 11.8. The van der Waals surface area contributed by atoms with Gasteiger partial charge in [0.15, 0.2) is 0 Å². The van der Waals surface area contributed by atoms with Gasteiger partial charge < -0.3 is 10.4 Å². The lowest BCUT2D eigenvalue weighted by Crippen LogP contribution is -2.40. The molecule has 0 aliphatic carbocycles. The van der Waals surface area contributed by atoms with E-state index in [4.69, 9.17) is 11.6 Å². The summed E-state index contributed by atoms with van der Waals surface area (Å²) in [7, 11) is 0. The minimum absolute atomic E-state index is 0.174. The van der Waals surface area contributed by atoms with Gasteiger partial charge in [-0.05, 0) is 31.0 Å². The molecule has 0 spiro atoms. The quantitative estimate of drug-likeness (QED) is 0.780. The molecular formula is C14H20ClNO2. The van der Waals surface area contributed by atoms with Crippen molar-refractivity contribution in [3.63, 3.8) is 0 Å². The van der Waals surface area contributed by atoms with Crippen molar-refractivity contribution in [2.24, 2.45) is 0 Å². The molecule has 1 rings (SSSR count). The predicted octanol–water partition coefficient (Wildman–Crippen LogP) is 2.71. The number of carbonyl (C=O) groups excluding carboxylic acids is 1. The topological polar surface area (TPSA) is 49.3 Å². The standard InChI is InChI=1S/C14H20ClNO2/c1-3-8-14(2,18)10-16-13(17)12-6-4-11(9-15)5-7-12/h4-7,18H,3,8-10H2,1-2H3,(H,16,17). The Labute approximate surface area is 113 Å². The number of rotatable bonds is 6. The Kier molecular flexibility index (Phi) is 5.63. The number of amides is 1. The Bertz CT molecular complexity index is 387. The summed E-state index contributed by atoms with van der Waals surface area (Å²) in [6, 6.07) is 7.13. The number of aliphatic hydroxyl groups is 1. The van der Waals surface area contributed by atoms with E-state index < -0.39 is 5.60 Å². The Morgan fingerprint density at radius 1 is 1.39 bits per heavy atom. The third-order valence-electron chi connectivity index (χ3n) is 2.79. The molecule has 18 heavy (non-hydrogen) atoms. The van der Waals surface area contributed by atoms with Crippen molar-refractivity contribution in [2.75, 3.05) is 6.54 Å². The molecule has 2 N–H and O–H groups in total. The molecule has 0 aliphatic rings. The van der Waals surface area contributed by atoms with E-state index in [-0.39, 0.29) is 12.5 Å². The molecule has 3 nitrogen and oxygen atoms in total. The van der Waals surface area contributed by atoms with Gasteiger partial charge in [-0.1, -0.05) is 25.5 Å². The summed E-state index contributed by atoms with van der Waals surface area (Å²) in [4.78, 5) is 11.8. The third-order valence-corrected chi connectivity index (χ3v) is 3.10. The van der Waals surface area contributed by atoms with Crippen LogP contribution in [-0.2, 0) is 5.88 Å². The van der Waals surface area contributed by atoms with Gasteiger partial charge in [-0.15, -0.1) is 11.6 Å². The van der Waals surface area contributed by atoms with E-state index in [0.29, 0.717) is 17.9 Å². The highest BCUT2D eigenvalue weighted by Crippen LogP contribution is 2.11. The van der Waals surface area contributed by atoms with E-state index in [1.165, 1.54) is 0 Å². The lowest BCUT2D eigenvalue weighted by molar-refractivity contribution is 0.0469. The Morgan fingerprint density at radius 2 is 2.00 bits per heavy atom. The number of alkyl halides is 1. The summed E-state index contributed by atoms with van der Waals surface area (Å²) in [6.45, 7) is 3.99. The minimum atomic E-state index is -0.847. The van der Waals surface area contributed by atoms with Gasteiger partial charge in [0, 0.05) is 18.0 Å². The van der Waals surface area contributed by atoms with Crippen molar-refractivity contribution < 1.29 is 9.90 Å². The molecule has 100 valence electrons. The molecule has 1 atom stereocenters. The zero-order valence-electron chi connectivity index (χ0n) is 10.9. The van der Waals surface area contributed by atoms with Crippen LogP contribution in [0.4, 0.5) is 0 Å². The largest absolute Gasteiger partial charge is 0.388 e. The van der Waals surface area contributed by atoms with Crippen LogP contribution in [0.5, 0.6) is 0 Å². The molecule has 1 unspecified atom stereocenters. The first-order chi connectivity index (χ1) is 8.48. The zero-order valence-corrected chi connectivity index (χ0v) is 11.6. The summed E-state index contributed by atoms with van der Waals surface area (Å²) in [5.41, 5.74) is 0.711. The molecule has 1 aromatic carbocycles. The van der Waals surface area contributed by atoms with Crippen molar-refractivity contribution in [3.8, 4) is 0 Å². The van der Waals surface area contributed by atoms with E-state index in [0.717, 1.165) is 12.0 Å². The molecule has 1 aromatic rings. The van der Waals surface area contributed by atoms with Gasteiger partial charge in [0.1, 0.15) is 0 Å². The first kappa shape index (κ1) is 15.0. The van der Waals surface area contributed by atoms with Crippen LogP contribution in [-0.4, -0.2) is 23.2 Å². The Morgan fingerprint density at radius 3 is 2.50 bits per heavy atom. The molecular weight excluding hydrogens is 250 g/mol. The van der Waals surface area contributed by atoms with Gasteiger partial charge in [-0.2, -0.15) is 0 Å². The number of carbonyl (C=O) groups is 1. The second kappa shape index (κ2) is 6.76. The van der Waals surface area contributed by atoms with Crippen molar-refractivity contribution in [2.45, 2.75) is 38.2 Å². The fraction of sp³-hybridized carbons (Fsp3) is 0.500. The fourth-order valence-corrected chi connectivity index (χ4v) is 1.92. The number of hydrogen-bond acceptors (Lipinski definition) is 2. The second-order valence-electron chi connectivity index (χ2n) is 4.76. The molecule has 0 fully saturated rings. The van der Waals surface area contributed by atoms with E-state index >= 15 is 0 Å². The summed E-state index contributed by atoms with van der Waals surface area (Å²) < 4.78 is 0. The fourth-order valence-electron chi connectivity index (χ4n) is 1.74. The van der Waals surface area contributed by atoms with E-state index in [2.05, 4.69) is 5.32 Å². The highest BCUT2D eigenvalue weighted by molar-refractivity contribution is 6.17. The Balaban J connectivity index is 2.54. The highest BCUT2D eigenvalue weighted by Gasteiger charge is 2.20. The molecule has 0 aliphatic heterocycles. The average Bonchev–Trinajstić information content (AvgIpc) is 2.36. The molecule has 0 heterocycles. The first-order valence-corrected chi connectivity index (χ1v) is 6.67. The minimum Gasteiger partial charge on any atom is -0.388 e. The van der Waals surface area contributed by atoms with Crippen LogP contribution in [0, 0.1) is 0 Å². The predicted molar refractivity (Wildman–Crippen MR) is 73.9 cm³/mol. The highest BCUT2D eigenvalue weighted by atomic mass is 35.5. The summed E-state index contributed by atoms with van der Waals surface area (Å²) in [6.07, 6.45) is 1.55. The van der Waals surface area contributed by atoms with Crippen LogP contribution in [0.3, 0.4) is 0 Å². The van der Waals surface area contributed by atoms with Crippen molar-refractivity contribution in [3.05, 3.63) is 35.4 Å². The summed E-state index contributed by atoms with van der Waals surface area (Å²) in [5, 5.41) is 12.7. The van der Waals surface area contributed by atoms with Gasteiger partial charge in [-0.25, -0.2) is 0 Å². The van der Waals surface area contributed by atoms with Gasteiger partial charge >= 0.3 is 0 Å². The van der Waals surface area contributed by atoms with Crippen molar-refractivity contribution >= 4 is 17.5 Å². The van der Waals surface area contributed by atoms with Gasteiger partial charge in [0.25, 0.3) is 5.91 Å². The van der Waals surface area contributed by atoms with Crippen LogP contribution in [0.15, 0.2) is 24.3 Å². The lowest BCUT2D eigenvalue weighted by atomic mass is 10.0. The van der Waals surface area contributed by atoms with Crippen LogP contribution >= 0.6 is 11.6 Å². The smallest absolute Gasteiger partial charge is 0.251 e. The number of halogens is 1. The lowest BCUT2D eigenvalue weighted by Gasteiger charge is -2.22. The summed E-state index contributed by atoms with van der Waals surface area (Å²) >= 11 is 5.68. The molecule has 0 bridgehead atoms. The molecule has 0 radical (unpaired) electrons. The van der Waals surface area contributed by atoms with Gasteiger partial charge in [-0.3, -0.25) is 4.79 Å². The van der Waals surface area contributed by atoms with Crippen molar-refractivity contribution in [1.82, 2.24) is 5.32 Å². The van der Waals surface area contributed by atoms with Crippen LogP contribution in [0.1, 0.15) is 42.6 Å². The van der Waals surface area contributed by atoms with Crippen LogP contribution in [0.2, 0.25) is 0 Å². The maximum Gasteiger partial charge on any atom is 0.251 e. The van der Waals surface area contributed by atoms with Gasteiger partial charge in [0.2, 0.25) is 0 Å². The molecule has 1 amide bonds. The van der Waals surface area contributed by atoms with E-state index in [1.807, 2.05) is 19.1 Å². The van der Waals surface area contributed by atoms with Crippen LogP contribution in [0.25, 0.3) is 0 Å². The zero-order chi connectivity index (χ0) is 13.6. The molecule has 0 saturated heterocycles. The number of hydrogen-bond donors (Lipinski definition) is 2. The van der Waals surface area contributed by atoms with Crippen molar-refractivity contribution in [1.29, 1.82) is 0 Å². The average molecular weight is 270 g/mol. The van der Waals surface area contributed by atoms with Gasteiger partial charge in [0.05, 0.1) is 5.60 Å². The third kappa shape index (κ3) is 4.67. The SMILES string of the molecule is CCCC(C)(O)CNC(=O)c1ccc(CCl)cc1. The monoisotopic (exact) mass is 269 g/mol. The van der Waals surface area contributed by atoms with E-state index in [9.17, 15) is 9.90 Å².